The normalized spacial score (nSPS) is 9.89. The van der Waals surface area contributed by atoms with Crippen molar-refractivity contribution in [2.75, 3.05) is 13.2 Å². The molecule has 1 rings (SSSR count). The Bertz CT molecular complexity index is 524. The monoisotopic (exact) mass is 297 g/mol. The molecule has 0 aliphatic rings. The first-order valence-corrected chi connectivity index (χ1v) is 5.76. The number of nitrogens with zero attached hydrogens (tertiary/aromatic N) is 2. The van der Waals surface area contributed by atoms with Gasteiger partial charge in [-0.2, -0.15) is 5.26 Å². The fourth-order valence-corrected chi connectivity index (χ4v) is 1.67. The largest absolute Gasteiger partial charge is 0.478 e. The molecule has 19 heavy (non-hydrogen) atoms. The van der Waals surface area contributed by atoms with Crippen LogP contribution >= 0.6 is 23.2 Å². The third-order valence-electron chi connectivity index (χ3n) is 1.77. The van der Waals surface area contributed by atoms with Gasteiger partial charge in [-0.3, -0.25) is 10.3 Å². The number of ether oxygens (including phenoxy) is 1. The standard InChI is InChI=1S/C12H9Cl2N3O2/c1-2-4-18-12-10(13)6-9(7-11(12)14)16-8-17-19-5-3-15/h1,6-8H,4-5H2,(H,16,17). The van der Waals surface area contributed by atoms with Gasteiger partial charge in [0, 0.05) is 0 Å². The van der Waals surface area contributed by atoms with Crippen LogP contribution in [0.3, 0.4) is 0 Å². The summed E-state index contributed by atoms with van der Waals surface area (Å²) in [6.07, 6.45) is 6.35. The maximum absolute atomic E-state index is 8.23. The van der Waals surface area contributed by atoms with E-state index in [4.69, 9.17) is 39.6 Å². The molecule has 1 aromatic rings. The third-order valence-corrected chi connectivity index (χ3v) is 2.33. The number of nitrogens with one attached hydrogen (secondary N) is 1. The van der Waals surface area contributed by atoms with Gasteiger partial charge in [-0.05, 0) is 12.1 Å². The predicted molar refractivity (Wildman–Crippen MR) is 73.6 cm³/mol. The molecule has 0 unspecified atom stereocenters. The molecule has 0 saturated heterocycles. The van der Waals surface area contributed by atoms with E-state index in [-0.39, 0.29) is 13.2 Å². The Balaban J connectivity index is 2.72. The van der Waals surface area contributed by atoms with E-state index in [0.717, 1.165) is 0 Å². The highest BCUT2D eigenvalue weighted by Gasteiger charge is 2.08. The van der Waals surface area contributed by atoms with E-state index in [2.05, 4.69) is 21.2 Å². The lowest BCUT2D eigenvalue weighted by Crippen LogP contribution is -2.11. The highest BCUT2D eigenvalue weighted by atomic mass is 35.5. The van der Waals surface area contributed by atoms with Crippen LogP contribution in [-0.4, -0.2) is 19.6 Å². The molecular weight excluding hydrogens is 289 g/mol. The summed E-state index contributed by atoms with van der Waals surface area (Å²) in [5, 5.41) is 8.83. The van der Waals surface area contributed by atoms with Gasteiger partial charge in [-0.15, -0.1) is 6.42 Å². The van der Waals surface area contributed by atoms with Crippen molar-refractivity contribution in [1.82, 2.24) is 5.48 Å². The van der Waals surface area contributed by atoms with Gasteiger partial charge in [-0.25, -0.2) is 4.99 Å². The van der Waals surface area contributed by atoms with Crippen LogP contribution in [-0.2, 0) is 4.84 Å². The van der Waals surface area contributed by atoms with Gasteiger partial charge < -0.3 is 4.74 Å². The second-order valence-electron chi connectivity index (χ2n) is 3.05. The van der Waals surface area contributed by atoms with Crippen LogP contribution in [0.5, 0.6) is 5.75 Å². The number of terminal acetylenes is 1. The maximum Gasteiger partial charge on any atom is 0.161 e. The second kappa shape index (κ2) is 8.23. The summed E-state index contributed by atoms with van der Waals surface area (Å²) in [6, 6.07) is 4.90. The fourth-order valence-electron chi connectivity index (χ4n) is 1.08. The first-order valence-electron chi connectivity index (χ1n) is 5.01. The molecule has 1 aromatic carbocycles. The highest BCUT2D eigenvalue weighted by molar-refractivity contribution is 6.37. The SMILES string of the molecule is C#CCOc1c(Cl)cc(N=CNOCC#N)cc1Cl. The molecule has 0 heterocycles. The summed E-state index contributed by atoms with van der Waals surface area (Å²) in [7, 11) is 0. The van der Waals surface area contributed by atoms with Crippen LogP contribution in [0.2, 0.25) is 10.0 Å². The zero-order chi connectivity index (χ0) is 14.1. The lowest BCUT2D eigenvalue weighted by molar-refractivity contribution is 0.118. The molecule has 0 aromatic heterocycles. The van der Waals surface area contributed by atoms with Crippen LogP contribution in [0.25, 0.3) is 0 Å². The first kappa shape index (κ1) is 15.1. The van der Waals surface area contributed by atoms with Crippen molar-refractivity contribution in [2.45, 2.75) is 0 Å². The minimum atomic E-state index is -0.0909. The van der Waals surface area contributed by atoms with Gasteiger partial charge in [0.05, 0.1) is 21.8 Å². The molecule has 98 valence electrons. The molecule has 0 fully saturated rings. The number of hydrogen-bond donors (Lipinski definition) is 1. The van der Waals surface area contributed by atoms with Gasteiger partial charge in [-0.1, -0.05) is 29.1 Å². The van der Waals surface area contributed by atoms with Gasteiger partial charge in [0.15, 0.2) is 12.4 Å². The fraction of sp³-hybridized carbons (Fsp3) is 0.167. The number of hydroxylamine groups is 1. The van der Waals surface area contributed by atoms with Crippen LogP contribution in [0, 0.1) is 23.7 Å². The summed E-state index contributed by atoms with van der Waals surface area (Å²) in [5.74, 6) is 2.63. The van der Waals surface area contributed by atoms with Crippen LogP contribution < -0.4 is 10.2 Å². The molecule has 0 bridgehead atoms. The van der Waals surface area contributed by atoms with Crippen molar-refractivity contribution in [1.29, 1.82) is 5.26 Å². The molecule has 5 nitrogen and oxygen atoms in total. The van der Waals surface area contributed by atoms with Crippen molar-refractivity contribution in [3.05, 3.63) is 22.2 Å². The maximum atomic E-state index is 8.23. The molecule has 0 amide bonds. The first-order chi connectivity index (χ1) is 9.19. The lowest BCUT2D eigenvalue weighted by atomic mass is 10.3. The number of benzene rings is 1. The minimum Gasteiger partial charge on any atom is -0.478 e. The van der Waals surface area contributed by atoms with Crippen LogP contribution in [0.4, 0.5) is 5.69 Å². The van der Waals surface area contributed by atoms with E-state index in [1.807, 2.05) is 0 Å². The van der Waals surface area contributed by atoms with E-state index >= 15 is 0 Å². The highest BCUT2D eigenvalue weighted by Crippen LogP contribution is 2.36. The van der Waals surface area contributed by atoms with Crippen molar-refractivity contribution < 1.29 is 9.57 Å². The molecule has 0 radical (unpaired) electrons. The van der Waals surface area contributed by atoms with Crippen molar-refractivity contribution in [3.63, 3.8) is 0 Å². The molecule has 1 N–H and O–H groups in total. The number of hydrogen-bond acceptors (Lipinski definition) is 4. The topological polar surface area (TPSA) is 66.6 Å². The number of nitriles is 1. The molecule has 7 heteroatoms. The van der Waals surface area contributed by atoms with Gasteiger partial charge in [0.25, 0.3) is 0 Å². The van der Waals surface area contributed by atoms with Crippen molar-refractivity contribution in [2.24, 2.45) is 4.99 Å². The average molecular weight is 298 g/mol. The molecule has 0 aliphatic carbocycles. The van der Waals surface area contributed by atoms with E-state index in [0.29, 0.717) is 21.5 Å². The van der Waals surface area contributed by atoms with Gasteiger partial charge in [0.2, 0.25) is 0 Å². The van der Waals surface area contributed by atoms with Crippen LogP contribution in [0.15, 0.2) is 17.1 Å². The average Bonchev–Trinajstić information content (AvgIpc) is 2.38. The van der Waals surface area contributed by atoms with Gasteiger partial charge >= 0.3 is 0 Å². The van der Waals surface area contributed by atoms with Crippen molar-refractivity contribution >= 4 is 35.2 Å². The van der Waals surface area contributed by atoms with E-state index in [1.54, 1.807) is 18.2 Å². The smallest absolute Gasteiger partial charge is 0.161 e. The summed E-state index contributed by atoms with van der Waals surface area (Å²) in [5.41, 5.74) is 2.86. The Labute approximate surface area is 120 Å². The molecule has 0 atom stereocenters. The Hall–Kier alpha value is -1.92. The molecule has 0 aliphatic heterocycles. The second-order valence-corrected chi connectivity index (χ2v) is 3.87. The summed E-state index contributed by atoms with van der Waals surface area (Å²) in [6.45, 7) is -0.0159. The summed E-state index contributed by atoms with van der Waals surface area (Å²) in [4.78, 5) is 8.65. The zero-order valence-electron chi connectivity index (χ0n) is 9.69. The number of halogens is 2. The van der Waals surface area contributed by atoms with E-state index < -0.39 is 0 Å². The molecule has 0 saturated carbocycles. The number of aliphatic imine (C=N–C) groups is 1. The van der Waals surface area contributed by atoms with Crippen LogP contribution in [0.1, 0.15) is 0 Å². The minimum absolute atomic E-state index is 0.0750. The van der Waals surface area contributed by atoms with E-state index in [9.17, 15) is 0 Å². The summed E-state index contributed by atoms with van der Waals surface area (Å²) >= 11 is 12.0. The Morgan fingerprint density at radius 3 is 2.63 bits per heavy atom. The third kappa shape index (κ3) is 5.07. The lowest BCUT2D eigenvalue weighted by Gasteiger charge is -2.08. The number of rotatable bonds is 6. The van der Waals surface area contributed by atoms with Crippen molar-refractivity contribution in [3.8, 4) is 24.2 Å². The predicted octanol–water partition coefficient (Wildman–Crippen LogP) is 2.71. The van der Waals surface area contributed by atoms with E-state index in [1.165, 1.54) is 6.34 Å². The Morgan fingerprint density at radius 1 is 1.37 bits per heavy atom. The Morgan fingerprint density at radius 2 is 2.05 bits per heavy atom. The zero-order valence-corrected chi connectivity index (χ0v) is 11.2. The quantitative estimate of drug-likeness (QED) is 0.288. The Kier molecular flexibility index (Phi) is 6.56. The van der Waals surface area contributed by atoms with Gasteiger partial charge in [0.1, 0.15) is 12.9 Å². The molecular formula is C12H9Cl2N3O2. The summed E-state index contributed by atoms with van der Waals surface area (Å²) < 4.78 is 5.20. The molecule has 0 spiro atoms.